The first-order valence-corrected chi connectivity index (χ1v) is 17.6. The monoisotopic (exact) mass is 1650 g/mol. The van der Waals surface area contributed by atoms with Crippen LogP contribution in [0.3, 0.4) is 0 Å². The van der Waals surface area contributed by atoms with E-state index in [2.05, 4.69) is 75.9 Å². The smallest absolute Gasteiger partial charge is 0.237 e. The summed E-state index contributed by atoms with van der Waals surface area (Å²) < 4.78 is 56.7. The Morgan fingerprint density at radius 3 is 0.787 bits per heavy atom. The van der Waals surface area contributed by atoms with Crippen LogP contribution in [0.1, 0.15) is 6.42 Å². The fourth-order valence-corrected chi connectivity index (χ4v) is 3.23. The van der Waals surface area contributed by atoms with Gasteiger partial charge in [-0.25, -0.2) is 49.2 Å². The molecule has 0 heterocycles. The van der Waals surface area contributed by atoms with E-state index in [0.29, 0.717) is 0 Å². The van der Waals surface area contributed by atoms with Gasteiger partial charge in [0.1, 0.15) is 31.0 Å². The van der Waals surface area contributed by atoms with Crippen molar-refractivity contribution in [1.29, 1.82) is 5.26 Å². The van der Waals surface area contributed by atoms with E-state index < -0.39 is 48.8 Å². The normalized spacial score (nSPS) is 13.3. The quantitative estimate of drug-likeness (QED) is 0.0240. The predicted octanol–water partition coefficient (Wildman–Crippen LogP) is -2.39. The van der Waals surface area contributed by atoms with Crippen LogP contribution in [0, 0.1) is 60.6 Å². The molecule has 0 aliphatic heterocycles. The van der Waals surface area contributed by atoms with E-state index in [1.807, 2.05) is 6.07 Å². The summed E-state index contributed by atoms with van der Waals surface area (Å²) in [6.45, 7) is 8.49. The number of hydrogen-bond acceptors (Lipinski definition) is 21. The molecule has 0 aromatic heterocycles. The van der Waals surface area contributed by atoms with Crippen molar-refractivity contribution in [3.05, 3.63) is 54.1 Å². The number of aliphatic hydroxyl groups is 8. The molecule has 0 aliphatic rings. The predicted molar refractivity (Wildman–Crippen MR) is 203 cm³/mol. The third kappa shape index (κ3) is 64.5. The molecule has 0 aliphatic carbocycles. The van der Waals surface area contributed by atoms with E-state index in [-0.39, 0.29) is 132 Å². The van der Waals surface area contributed by atoms with Gasteiger partial charge in [0.05, 0.1) is 110 Å². The topological polar surface area (TPSA) is 301 Å². The third-order valence-corrected chi connectivity index (χ3v) is 5.67. The van der Waals surface area contributed by atoms with Gasteiger partial charge in [-0.3, -0.25) is 0 Å². The molecule has 0 radical (unpaired) electrons. The molecular formula is C36H68N2O20Rf3-6. The molecule has 0 bridgehead atoms. The first-order valence-electron chi connectivity index (χ1n) is 17.6. The molecule has 0 fully saturated rings. The number of nitriles is 1. The van der Waals surface area contributed by atoms with E-state index in [4.69, 9.17) is 50.5 Å². The van der Waals surface area contributed by atoms with Crippen LogP contribution in [0.4, 0.5) is 0 Å². The Kier molecular flexibility index (Phi) is 66.4. The van der Waals surface area contributed by atoms with Gasteiger partial charge in [0.25, 0.3) is 0 Å². The average molecular weight is 1650 g/mol. The summed E-state index contributed by atoms with van der Waals surface area (Å²) in [6, 6.07) is 1.92. The van der Waals surface area contributed by atoms with Crippen molar-refractivity contribution in [2.45, 2.75) is 55.3 Å². The Hall–Kier alpha value is -4.82. The molecule has 61 heavy (non-hydrogen) atoms. The molecule has 0 aromatic rings. The van der Waals surface area contributed by atoms with Crippen LogP contribution in [0.25, 0.3) is 4.85 Å². The van der Waals surface area contributed by atoms with Crippen molar-refractivity contribution in [3.8, 4) is 6.07 Å². The van der Waals surface area contributed by atoms with Gasteiger partial charge in [-0.15, -0.1) is 0 Å². The molecule has 25 heteroatoms. The molecule has 0 rings (SSSR count). The average Bonchev–Trinajstić information content (AvgIpc) is 3.17. The zero-order valence-corrected chi connectivity index (χ0v) is 54.7. The molecule has 0 amide bonds. The van der Waals surface area contributed by atoms with Gasteiger partial charge in [-0.2, -0.15) is 5.26 Å². The van der Waals surface area contributed by atoms with Gasteiger partial charge >= 0.3 is 0 Å². The van der Waals surface area contributed by atoms with Crippen LogP contribution < -0.4 is 0 Å². The minimum atomic E-state index is -0.857. The van der Waals surface area contributed by atoms with E-state index in [0.717, 1.165) is 0 Å². The van der Waals surface area contributed by atoms with Gasteiger partial charge in [0.2, 0.25) is 6.54 Å². The van der Waals surface area contributed by atoms with Gasteiger partial charge in [0, 0.05) is 39.6 Å². The molecule has 8 N–H and O–H groups in total. The Morgan fingerprint density at radius 2 is 0.574 bits per heavy atom. The number of ether oxygens (including phenoxy) is 12. The zero-order valence-electron chi connectivity index (χ0n) is 35.5. The van der Waals surface area contributed by atoms with Crippen molar-refractivity contribution in [1.82, 2.24) is 0 Å². The fraction of sp³-hybridized carbons (Fsp3) is 0.778. The Bertz CT molecular complexity index is 811. The molecule has 6 atom stereocenters. The minimum absolute atomic E-state index is 0. The van der Waals surface area contributed by atoms with Crippen molar-refractivity contribution < 1.29 is 97.7 Å². The summed E-state index contributed by atoms with van der Waals surface area (Å²) in [5.74, 6) is 0. The molecule has 6 unspecified atom stereocenters. The fourth-order valence-electron chi connectivity index (χ4n) is 3.23. The summed E-state index contributed by atoms with van der Waals surface area (Å²) in [5, 5.41) is 82.3. The number of aliphatic hydroxyl groups excluding tert-OH is 8. The van der Waals surface area contributed by atoms with Crippen molar-refractivity contribution in [2.24, 2.45) is 0 Å². The van der Waals surface area contributed by atoms with Crippen LogP contribution in [-0.4, -0.2) is 215 Å². The molecule has 0 aromatic carbocycles. The summed E-state index contributed by atoms with van der Waals surface area (Å²) in [5.41, 5.74) is 0. The van der Waals surface area contributed by atoms with E-state index in [1.165, 1.54) is 0 Å². The van der Waals surface area contributed by atoms with Crippen molar-refractivity contribution in [3.63, 3.8) is 0 Å². The van der Waals surface area contributed by atoms with Crippen LogP contribution in [0.15, 0.2) is 0 Å². The van der Waals surface area contributed by atoms with E-state index in [9.17, 15) is 30.6 Å². The first kappa shape index (κ1) is 70.7. The molecule has 22 nitrogen and oxygen atoms in total. The number of nitrogens with zero attached hydrogens (tertiary/aromatic N) is 2. The van der Waals surface area contributed by atoms with Crippen LogP contribution in [-0.2, 0) is 56.8 Å². The van der Waals surface area contributed by atoms with Crippen LogP contribution in [0.2, 0.25) is 0 Å². The Labute approximate surface area is 343 Å². The maximum atomic E-state index is 9.53. The Morgan fingerprint density at radius 1 is 0.377 bits per heavy atom. The molecule has 0 saturated heterocycles. The molecule has 0 saturated carbocycles. The second kappa shape index (κ2) is 57.3. The molecular weight excluding hydrogens is 1580 g/mol. The summed E-state index contributed by atoms with van der Waals surface area (Å²) >= 11 is 0. The van der Waals surface area contributed by atoms with Crippen LogP contribution >= 0.6 is 0 Å². The molecule has 0 spiro atoms. The number of hydrogen-bond donors (Lipinski definition) is 8. The SMILES string of the molecule is [C-]#[N+]CCOCC(O)COCC(O)COCC(O)CO[CH2-].[CH2-]OCC(O)COCC(O)COCC(O)COCCC#N.[CH2-]OCC(O)CO[CH2-].[CH2-]OCC(O)CO[CH2-].[Rf].[Rf].[Rf]. The van der Waals surface area contributed by atoms with Crippen molar-refractivity contribution >= 4 is 0 Å². The van der Waals surface area contributed by atoms with Gasteiger partial charge in [-0.05, 0) is 0 Å². The number of rotatable bonds is 36. The maximum Gasteiger partial charge on any atom is 0.237 e. The van der Waals surface area contributed by atoms with E-state index in [1.54, 1.807) is 0 Å². The van der Waals surface area contributed by atoms with E-state index >= 15 is 0 Å². The summed E-state index contributed by atoms with van der Waals surface area (Å²) in [7, 11) is 18.5. The summed E-state index contributed by atoms with van der Waals surface area (Å²) in [4.78, 5) is 3.11. The van der Waals surface area contributed by atoms with Gasteiger partial charge in [0.15, 0.2) is 0 Å². The standard InChI is InChI=1S/2C13H24NO7.2C5H10O3.3Rf/c1-14-3-4-19-6-12(16)8-21-10-13(17)9-20-7-11(15)5-18-2;1-18-5-11(15)7-20-9-13(17)10-21-8-12(16)6-19-4-2-3-14;2*1-7-3-5(6)4-8-2;;;/h11-13,15-17H,2-10H2;11-13,15-17H,1-2,4-10H2;2*5-6H,1-4H2;;;/q2*-1;2*-2;;;. The Balaban J connectivity index is -0.000000137. The second-order valence-electron chi connectivity index (χ2n) is 11.5. The second-order valence-corrected chi connectivity index (χ2v) is 11.5. The summed E-state index contributed by atoms with van der Waals surface area (Å²) in [6.07, 6.45) is -5.84. The van der Waals surface area contributed by atoms with Crippen molar-refractivity contribution in [2.75, 3.05) is 125 Å². The third-order valence-electron chi connectivity index (χ3n) is 5.67. The first-order chi connectivity index (χ1) is 27.8. The zero-order chi connectivity index (χ0) is 44.7. The minimum Gasteiger partial charge on any atom is -0.553 e. The largest absolute Gasteiger partial charge is 0.553 e. The van der Waals surface area contributed by atoms with Gasteiger partial charge < -0.3 is 103 Å². The molecule has 354 valence electrons. The maximum absolute atomic E-state index is 9.53. The van der Waals surface area contributed by atoms with Crippen LogP contribution in [0.5, 0.6) is 0 Å². The van der Waals surface area contributed by atoms with Gasteiger partial charge in [-0.1, -0.05) is 0 Å².